The minimum absolute atomic E-state index is 0.0493. The maximum absolute atomic E-state index is 14.0. The zero-order chi connectivity index (χ0) is 25.7. The van der Waals surface area contributed by atoms with Gasteiger partial charge in [-0.15, -0.1) is 5.10 Å². The molecule has 10 heteroatoms. The molecular weight excluding hydrogens is 483 g/mol. The van der Waals surface area contributed by atoms with Gasteiger partial charge < -0.3 is 19.5 Å². The Balaban J connectivity index is 1.69. The van der Waals surface area contributed by atoms with Gasteiger partial charge in [0, 0.05) is 17.0 Å². The van der Waals surface area contributed by atoms with Crippen molar-refractivity contribution < 1.29 is 23.4 Å². The van der Waals surface area contributed by atoms with E-state index in [-0.39, 0.29) is 12.4 Å². The van der Waals surface area contributed by atoms with Crippen LogP contribution in [0.4, 0.5) is 10.3 Å². The van der Waals surface area contributed by atoms with Crippen molar-refractivity contribution in [3.8, 4) is 11.5 Å². The number of halogens is 1. The van der Waals surface area contributed by atoms with Gasteiger partial charge in [-0.2, -0.15) is 4.98 Å². The number of allylic oxidation sites excluding steroid dienone is 1. The first kappa shape index (κ1) is 25.6. The fourth-order valence-corrected chi connectivity index (χ4v) is 4.84. The number of benzene rings is 2. The Kier molecular flexibility index (Phi) is 8.14. The van der Waals surface area contributed by atoms with Crippen LogP contribution in [0, 0.1) is 5.82 Å². The molecule has 0 amide bonds. The minimum atomic E-state index is -0.587. The number of thioether (sulfide) groups is 1. The van der Waals surface area contributed by atoms with Gasteiger partial charge in [0.05, 0.1) is 19.8 Å². The van der Waals surface area contributed by atoms with Gasteiger partial charge in [-0.25, -0.2) is 13.9 Å². The number of fused-ring (bicyclic) bond motifs is 1. The highest BCUT2D eigenvalue weighted by molar-refractivity contribution is 7.99. The molecule has 0 saturated heterocycles. The summed E-state index contributed by atoms with van der Waals surface area (Å²) in [7, 11) is 2.88. The lowest BCUT2D eigenvalue weighted by molar-refractivity contribution is -0.136. The molecule has 1 atom stereocenters. The Morgan fingerprint density at radius 3 is 2.72 bits per heavy atom. The highest BCUT2D eigenvalue weighted by atomic mass is 32.2. The number of nitrogens with zero attached hydrogens (tertiary/aromatic N) is 3. The molecule has 190 valence electrons. The zero-order valence-corrected chi connectivity index (χ0v) is 21.5. The van der Waals surface area contributed by atoms with Crippen LogP contribution >= 0.6 is 11.8 Å². The molecule has 2 heterocycles. The average molecular weight is 513 g/mol. The van der Waals surface area contributed by atoms with Crippen LogP contribution in [-0.2, 0) is 16.1 Å². The Labute approximate surface area is 213 Å². The van der Waals surface area contributed by atoms with E-state index in [0.29, 0.717) is 39.4 Å². The van der Waals surface area contributed by atoms with Crippen LogP contribution < -0.4 is 14.8 Å². The normalized spacial score (nSPS) is 14.8. The second-order valence-electron chi connectivity index (χ2n) is 8.21. The number of carbonyl (C=O) groups is 1. The fraction of sp³-hybridized carbons (Fsp3) is 0.346. The third-order valence-corrected chi connectivity index (χ3v) is 6.74. The number of methoxy groups -OCH3 is 2. The molecule has 8 nitrogen and oxygen atoms in total. The first-order valence-corrected chi connectivity index (χ1v) is 12.6. The van der Waals surface area contributed by atoms with E-state index in [4.69, 9.17) is 19.3 Å². The lowest BCUT2D eigenvalue weighted by atomic mass is 9.95. The first-order chi connectivity index (χ1) is 17.5. The van der Waals surface area contributed by atoms with Gasteiger partial charge in [-0.3, -0.25) is 0 Å². The Morgan fingerprint density at radius 2 is 2.00 bits per heavy atom. The Hall–Kier alpha value is -3.53. The van der Waals surface area contributed by atoms with Crippen LogP contribution in [0.1, 0.15) is 43.9 Å². The van der Waals surface area contributed by atoms with Gasteiger partial charge >= 0.3 is 5.97 Å². The standard InChI is InChI=1S/C26H29FN4O4S/c1-5-6-13-36-26-29-25-28-16(2)22(24(32)34-4)23(31(25)30-26)17-11-12-20(21(14-17)33-3)35-15-18-9-7-8-10-19(18)27/h7-12,14,23H,5-6,13,15H2,1-4H3,(H,28,29,30). The zero-order valence-electron chi connectivity index (χ0n) is 20.7. The SMILES string of the molecule is CCCCSc1nc2n(n1)C(c1ccc(OCc3ccccc3F)c(OC)c1)C(C(=O)OC)=C(C)N2. The first-order valence-electron chi connectivity index (χ1n) is 11.7. The topological polar surface area (TPSA) is 87.5 Å². The largest absolute Gasteiger partial charge is 0.493 e. The van der Waals surface area contributed by atoms with Gasteiger partial charge in [-0.05, 0) is 37.1 Å². The number of hydrogen-bond donors (Lipinski definition) is 1. The van der Waals surface area contributed by atoms with E-state index in [9.17, 15) is 9.18 Å². The van der Waals surface area contributed by atoms with Crippen LogP contribution in [0.15, 0.2) is 58.9 Å². The van der Waals surface area contributed by atoms with E-state index >= 15 is 0 Å². The van der Waals surface area contributed by atoms with Crippen molar-refractivity contribution in [1.82, 2.24) is 14.8 Å². The molecular formula is C26H29FN4O4S. The molecule has 0 fully saturated rings. The molecule has 0 radical (unpaired) electrons. The summed E-state index contributed by atoms with van der Waals surface area (Å²) < 4.78 is 32.3. The van der Waals surface area contributed by atoms with Crippen molar-refractivity contribution in [2.45, 2.75) is 44.5 Å². The van der Waals surface area contributed by atoms with E-state index in [1.165, 1.54) is 20.3 Å². The lowest BCUT2D eigenvalue weighted by Crippen LogP contribution is -2.29. The van der Waals surface area contributed by atoms with Crippen LogP contribution in [-0.4, -0.2) is 40.7 Å². The van der Waals surface area contributed by atoms with Crippen molar-refractivity contribution in [3.63, 3.8) is 0 Å². The van der Waals surface area contributed by atoms with Crippen molar-refractivity contribution in [1.29, 1.82) is 0 Å². The molecule has 0 saturated carbocycles. The van der Waals surface area contributed by atoms with E-state index in [1.54, 1.807) is 46.8 Å². The van der Waals surface area contributed by atoms with Crippen LogP contribution in [0.25, 0.3) is 0 Å². The van der Waals surface area contributed by atoms with Gasteiger partial charge in [0.15, 0.2) is 11.5 Å². The summed E-state index contributed by atoms with van der Waals surface area (Å²) in [5.74, 6) is 1.55. The number of nitrogens with one attached hydrogen (secondary N) is 1. The summed E-state index contributed by atoms with van der Waals surface area (Å²) >= 11 is 1.58. The maximum Gasteiger partial charge on any atom is 0.338 e. The Morgan fingerprint density at radius 1 is 1.19 bits per heavy atom. The summed E-state index contributed by atoms with van der Waals surface area (Å²) in [6.45, 7) is 4.00. The predicted molar refractivity (Wildman–Crippen MR) is 136 cm³/mol. The summed E-state index contributed by atoms with van der Waals surface area (Å²) in [6.07, 6.45) is 2.14. The average Bonchev–Trinajstić information content (AvgIpc) is 3.29. The fourth-order valence-electron chi connectivity index (χ4n) is 3.93. The molecule has 1 aliphatic heterocycles. The molecule has 0 bridgehead atoms. The molecule has 1 unspecified atom stereocenters. The summed E-state index contributed by atoms with van der Waals surface area (Å²) in [5.41, 5.74) is 2.23. The third-order valence-electron chi connectivity index (χ3n) is 5.81. The molecule has 1 aliphatic rings. The summed E-state index contributed by atoms with van der Waals surface area (Å²) in [6, 6.07) is 11.2. The molecule has 36 heavy (non-hydrogen) atoms. The second-order valence-corrected chi connectivity index (χ2v) is 9.27. The van der Waals surface area contributed by atoms with Gasteiger partial charge in [0.25, 0.3) is 0 Å². The van der Waals surface area contributed by atoms with E-state index in [0.717, 1.165) is 24.2 Å². The Bertz CT molecular complexity index is 1280. The van der Waals surface area contributed by atoms with Gasteiger partial charge in [-0.1, -0.05) is 49.4 Å². The van der Waals surface area contributed by atoms with Crippen molar-refractivity contribution in [2.24, 2.45) is 0 Å². The number of unbranched alkanes of at least 4 members (excludes halogenated alkanes) is 1. The molecule has 1 aromatic heterocycles. The molecule has 3 aromatic rings. The molecule has 2 aromatic carbocycles. The number of carbonyl (C=O) groups excluding carboxylic acids is 1. The van der Waals surface area contributed by atoms with Crippen LogP contribution in [0.5, 0.6) is 11.5 Å². The van der Waals surface area contributed by atoms with Crippen molar-refractivity contribution in [2.75, 3.05) is 25.3 Å². The smallest absolute Gasteiger partial charge is 0.338 e. The van der Waals surface area contributed by atoms with Gasteiger partial charge in [0.2, 0.25) is 11.1 Å². The van der Waals surface area contributed by atoms with Crippen LogP contribution in [0.3, 0.4) is 0 Å². The second kappa shape index (κ2) is 11.5. The summed E-state index contributed by atoms with van der Waals surface area (Å²) in [5, 5.41) is 8.51. The van der Waals surface area contributed by atoms with Crippen LogP contribution in [0.2, 0.25) is 0 Å². The number of ether oxygens (including phenoxy) is 3. The monoisotopic (exact) mass is 512 g/mol. The van der Waals surface area contributed by atoms with Crippen molar-refractivity contribution >= 4 is 23.7 Å². The lowest BCUT2D eigenvalue weighted by Gasteiger charge is -2.28. The third kappa shape index (κ3) is 5.33. The molecule has 0 spiro atoms. The maximum atomic E-state index is 14.0. The highest BCUT2D eigenvalue weighted by Gasteiger charge is 2.35. The summed E-state index contributed by atoms with van der Waals surface area (Å²) in [4.78, 5) is 17.4. The van der Waals surface area contributed by atoms with E-state index in [2.05, 4.69) is 17.2 Å². The number of aromatic nitrogens is 3. The molecule has 0 aliphatic carbocycles. The number of esters is 1. The van der Waals surface area contributed by atoms with E-state index in [1.807, 2.05) is 13.0 Å². The minimum Gasteiger partial charge on any atom is -0.493 e. The number of hydrogen-bond acceptors (Lipinski definition) is 8. The number of anilines is 1. The molecule has 4 rings (SSSR count). The molecule has 1 N–H and O–H groups in total. The predicted octanol–water partition coefficient (Wildman–Crippen LogP) is 5.36. The van der Waals surface area contributed by atoms with Gasteiger partial charge in [0.1, 0.15) is 18.5 Å². The van der Waals surface area contributed by atoms with Crippen molar-refractivity contribution in [3.05, 3.63) is 70.7 Å². The van der Waals surface area contributed by atoms with E-state index < -0.39 is 12.0 Å². The quantitative estimate of drug-likeness (QED) is 0.221. The highest BCUT2D eigenvalue weighted by Crippen LogP contribution is 2.40. The number of rotatable bonds is 10.